The van der Waals surface area contributed by atoms with E-state index in [1.165, 1.54) is 45.4 Å². The molecular weight excluding hydrogens is 226 g/mol. The summed E-state index contributed by atoms with van der Waals surface area (Å²) < 4.78 is 5.49. The SMILES string of the molecule is CN1CCCC(CN(C)CCC2COCCN2)C1. The van der Waals surface area contributed by atoms with E-state index in [0.29, 0.717) is 6.04 Å². The number of nitrogens with zero attached hydrogens (tertiary/aromatic N) is 2. The maximum Gasteiger partial charge on any atom is 0.0620 e. The minimum atomic E-state index is 0.565. The summed E-state index contributed by atoms with van der Waals surface area (Å²) in [6.07, 6.45) is 3.98. The Kier molecular flexibility index (Phi) is 5.89. The molecule has 2 heterocycles. The van der Waals surface area contributed by atoms with E-state index >= 15 is 0 Å². The van der Waals surface area contributed by atoms with Gasteiger partial charge in [-0.2, -0.15) is 0 Å². The van der Waals surface area contributed by atoms with Crippen molar-refractivity contribution >= 4 is 0 Å². The van der Waals surface area contributed by atoms with Gasteiger partial charge in [-0.05, 0) is 52.4 Å². The van der Waals surface area contributed by atoms with Crippen LogP contribution in [-0.2, 0) is 4.74 Å². The Hall–Kier alpha value is -0.160. The number of rotatable bonds is 5. The number of hydrogen-bond acceptors (Lipinski definition) is 4. The third kappa shape index (κ3) is 4.84. The monoisotopic (exact) mass is 255 g/mol. The lowest BCUT2D eigenvalue weighted by molar-refractivity contribution is 0.0695. The summed E-state index contributed by atoms with van der Waals surface area (Å²) in [5, 5.41) is 3.53. The molecule has 0 amide bonds. The summed E-state index contributed by atoms with van der Waals surface area (Å²) >= 11 is 0. The highest BCUT2D eigenvalue weighted by molar-refractivity contribution is 4.75. The number of hydrogen-bond donors (Lipinski definition) is 1. The zero-order valence-electron chi connectivity index (χ0n) is 12.0. The maximum absolute atomic E-state index is 5.49. The number of likely N-dealkylation sites (tertiary alicyclic amines) is 1. The van der Waals surface area contributed by atoms with E-state index in [2.05, 4.69) is 29.2 Å². The first-order valence-electron chi connectivity index (χ1n) is 7.42. The van der Waals surface area contributed by atoms with Crippen molar-refractivity contribution in [3.8, 4) is 0 Å². The second-order valence-corrected chi connectivity index (χ2v) is 6.05. The number of piperidine rings is 1. The molecule has 0 aliphatic carbocycles. The Morgan fingerprint density at radius 2 is 2.33 bits per heavy atom. The molecular formula is C14H29N3O. The van der Waals surface area contributed by atoms with Gasteiger partial charge in [0.05, 0.1) is 13.2 Å². The molecule has 0 radical (unpaired) electrons. The van der Waals surface area contributed by atoms with Crippen LogP contribution in [0.2, 0.25) is 0 Å². The minimum Gasteiger partial charge on any atom is -0.379 e. The third-order valence-electron chi connectivity index (χ3n) is 4.15. The fourth-order valence-electron chi connectivity index (χ4n) is 3.14. The molecule has 0 bridgehead atoms. The second kappa shape index (κ2) is 7.43. The van der Waals surface area contributed by atoms with Crippen LogP contribution >= 0.6 is 0 Å². The van der Waals surface area contributed by atoms with E-state index in [0.717, 1.165) is 25.7 Å². The smallest absolute Gasteiger partial charge is 0.0620 e. The third-order valence-corrected chi connectivity index (χ3v) is 4.15. The first-order chi connectivity index (χ1) is 8.74. The first-order valence-corrected chi connectivity index (χ1v) is 7.42. The van der Waals surface area contributed by atoms with Crippen molar-refractivity contribution in [1.29, 1.82) is 0 Å². The Bertz CT molecular complexity index is 231. The van der Waals surface area contributed by atoms with Crippen LogP contribution in [0.15, 0.2) is 0 Å². The zero-order valence-corrected chi connectivity index (χ0v) is 12.0. The zero-order chi connectivity index (χ0) is 12.8. The van der Waals surface area contributed by atoms with Gasteiger partial charge >= 0.3 is 0 Å². The van der Waals surface area contributed by atoms with Crippen LogP contribution in [0.25, 0.3) is 0 Å². The summed E-state index contributed by atoms with van der Waals surface area (Å²) in [5.74, 6) is 0.865. The summed E-state index contributed by atoms with van der Waals surface area (Å²) in [5.41, 5.74) is 0. The van der Waals surface area contributed by atoms with Crippen molar-refractivity contribution < 1.29 is 4.74 Å². The molecule has 106 valence electrons. The van der Waals surface area contributed by atoms with E-state index < -0.39 is 0 Å². The quantitative estimate of drug-likeness (QED) is 0.780. The number of ether oxygens (including phenoxy) is 1. The molecule has 0 aromatic carbocycles. The van der Waals surface area contributed by atoms with Crippen LogP contribution in [0.3, 0.4) is 0 Å². The van der Waals surface area contributed by atoms with E-state index in [9.17, 15) is 0 Å². The highest BCUT2D eigenvalue weighted by atomic mass is 16.5. The molecule has 2 saturated heterocycles. The molecule has 0 saturated carbocycles. The predicted octanol–water partition coefficient (Wildman–Crippen LogP) is 0.639. The molecule has 2 aliphatic heterocycles. The van der Waals surface area contributed by atoms with Crippen LogP contribution in [0.4, 0.5) is 0 Å². The molecule has 2 aliphatic rings. The maximum atomic E-state index is 5.49. The Morgan fingerprint density at radius 3 is 3.06 bits per heavy atom. The topological polar surface area (TPSA) is 27.7 Å². The van der Waals surface area contributed by atoms with Gasteiger partial charge in [0.2, 0.25) is 0 Å². The number of nitrogens with one attached hydrogen (secondary N) is 1. The van der Waals surface area contributed by atoms with Gasteiger partial charge in [-0.1, -0.05) is 0 Å². The molecule has 0 spiro atoms. The van der Waals surface area contributed by atoms with Crippen molar-refractivity contribution in [3.05, 3.63) is 0 Å². The normalized spacial score (nSPS) is 30.8. The van der Waals surface area contributed by atoms with Gasteiger partial charge in [-0.25, -0.2) is 0 Å². The van der Waals surface area contributed by atoms with E-state index in [-0.39, 0.29) is 0 Å². The highest BCUT2D eigenvalue weighted by Gasteiger charge is 2.19. The van der Waals surface area contributed by atoms with E-state index in [1.807, 2.05) is 0 Å². The van der Waals surface area contributed by atoms with Crippen LogP contribution in [0, 0.1) is 5.92 Å². The molecule has 2 rings (SSSR count). The van der Waals surface area contributed by atoms with Crippen molar-refractivity contribution in [2.24, 2.45) is 5.92 Å². The molecule has 2 unspecified atom stereocenters. The summed E-state index contributed by atoms with van der Waals surface area (Å²) in [6.45, 7) is 7.76. The molecule has 4 nitrogen and oxygen atoms in total. The fraction of sp³-hybridized carbons (Fsp3) is 1.00. The molecule has 0 aromatic heterocycles. The van der Waals surface area contributed by atoms with E-state index in [1.54, 1.807) is 0 Å². The lowest BCUT2D eigenvalue weighted by Crippen LogP contribution is -2.44. The summed E-state index contributed by atoms with van der Waals surface area (Å²) in [7, 11) is 4.51. The highest BCUT2D eigenvalue weighted by Crippen LogP contribution is 2.16. The minimum absolute atomic E-state index is 0.565. The van der Waals surface area contributed by atoms with Crippen LogP contribution in [0.5, 0.6) is 0 Å². The van der Waals surface area contributed by atoms with Gasteiger partial charge in [-0.3, -0.25) is 0 Å². The van der Waals surface area contributed by atoms with Gasteiger partial charge in [0, 0.05) is 25.7 Å². The lowest BCUT2D eigenvalue weighted by atomic mass is 9.98. The second-order valence-electron chi connectivity index (χ2n) is 6.05. The molecule has 2 fully saturated rings. The van der Waals surface area contributed by atoms with Gasteiger partial charge in [0.15, 0.2) is 0 Å². The van der Waals surface area contributed by atoms with E-state index in [4.69, 9.17) is 4.74 Å². The fourth-order valence-corrected chi connectivity index (χ4v) is 3.14. The molecule has 0 aromatic rings. The Morgan fingerprint density at radius 1 is 1.44 bits per heavy atom. The molecule has 18 heavy (non-hydrogen) atoms. The number of morpholine rings is 1. The van der Waals surface area contributed by atoms with Crippen LogP contribution < -0.4 is 5.32 Å². The largest absolute Gasteiger partial charge is 0.379 e. The average molecular weight is 255 g/mol. The molecule has 1 N–H and O–H groups in total. The first kappa shape index (κ1) is 14.3. The predicted molar refractivity (Wildman–Crippen MR) is 74.9 cm³/mol. The van der Waals surface area contributed by atoms with Crippen molar-refractivity contribution in [2.75, 3.05) is 60.0 Å². The van der Waals surface area contributed by atoms with Crippen LogP contribution in [0.1, 0.15) is 19.3 Å². The van der Waals surface area contributed by atoms with Crippen molar-refractivity contribution in [2.45, 2.75) is 25.3 Å². The molecule has 2 atom stereocenters. The summed E-state index contributed by atoms with van der Waals surface area (Å²) in [6, 6.07) is 0.565. The van der Waals surface area contributed by atoms with Crippen molar-refractivity contribution in [1.82, 2.24) is 15.1 Å². The van der Waals surface area contributed by atoms with Gasteiger partial charge in [0.1, 0.15) is 0 Å². The van der Waals surface area contributed by atoms with Gasteiger partial charge in [0.25, 0.3) is 0 Å². The average Bonchev–Trinajstić information content (AvgIpc) is 2.38. The standard InChI is InChI=1S/C14H29N3O/c1-16-7-3-4-13(10-16)11-17(2)8-5-14-12-18-9-6-15-14/h13-15H,3-12H2,1-2H3. The lowest BCUT2D eigenvalue weighted by Gasteiger charge is -2.33. The Labute approximate surface area is 112 Å². The molecule has 4 heteroatoms. The van der Waals surface area contributed by atoms with Crippen molar-refractivity contribution in [3.63, 3.8) is 0 Å². The summed E-state index contributed by atoms with van der Waals surface area (Å²) in [4.78, 5) is 4.97. The van der Waals surface area contributed by atoms with Gasteiger partial charge < -0.3 is 19.9 Å². The Balaban J connectivity index is 1.60. The van der Waals surface area contributed by atoms with Gasteiger partial charge in [-0.15, -0.1) is 0 Å². The van der Waals surface area contributed by atoms with Crippen LogP contribution in [-0.4, -0.2) is 75.9 Å².